The van der Waals surface area contributed by atoms with Crippen molar-refractivity contribution < 1.29 is 9.53 Å². The summed E-state index contributed by atoms with van der Waals surface area (Å²) in [5, 5.41) is 8.43. The Hall–Kier alpha value is -2.54. The number of nitrogens with zero attached hydrogens (tertiary/aromatic N) is 3. The molecule has 0 aliphatic heterocycles. The maximum absolute atomic E-state index is 12.0. The SMILES string of the molecule is COc1ccc(-c2cnn3c(SCC(=O)NC4CC4)cc(C)nc23)cc1. The van der Waals surface area contributed by atoms with Crippen molar-refractivity contribution in [1.29, 1.82) is 0 Å². The first kappa shape index (κ1) is 16.9. The fourth-order valence-electron chi connectivity index (χ4n) is 2.76. The maximum Gasteiger partial charge on any atom is 0.230 e. The van der Waals surface area contributed by atoms with E-state index in [1.54, 1.807) is 7.11 Å². The van der Waals surface area contributed by atoms with Crippen LogP contribution in [0, 0.1) is 6.92 Å². The van der Waals surface area contributed by atoms with Gasteiger partial charge in [0, 0.05) is 17.3 Å². The molecule has 0 unspecified atom stereocenters. The summed E-state index contributed by atoms with van der Waals surface area (Å²) >= 11 is 1.48. The summed E-state index contributed by atoms with van der Waals surface area (Å²) < 4.78 is 7.03. The standard InChI is InChI=1S/C19H20N4O2S/c1-12-9-18(26-11-17(24)22-14-5-6-14)23-19(21-12)16(10-20-23)13-3-7-15(25-2)8-4-13/h3-4,7-10,14H,5-6,11H2,1-2H3,(H,22,24). The quantitative estimate of drug-likeness (QED) is 0.535. The molecular formula is C19H20N4O2S. The molecule has 0 spiro atoms. The number of benzene rings is 1. The number of aryl methyl sites for hydroxylation is 1. The molecule has 1 amide bonds. The number of rotatable bonds is 6. The molecule has 2 heterocycles. The van der Waals surface area contributed by atoms with Crippen molar-refractivity contribution in [2.24, 2.45) is 0 Å². The molecule has 3 aromatic rings. The van der Waals surface area contributed by atoms with Crippen LogP contribution in [-0.2, 0) is 4.79 Å². The van der Waals surface area contributed by atoms with Crippen LogP contribution in [0.3, 0.4) is 0 Å². The summed E-state index contributed by atoms with van der Waals surface area (Å²) in [6.45, 7) is 1.96. The zero-order valence-corrected chi connectivity index (χ0v) is 15.5. The lowest BCUT2D eigenvalue weighted by atomic mass is 10.1. The van der Waals surface area contributed by atoms with Crippen LogP contribution in [0.2, 0.25) is 0 Å². The van der Waals surface area contributed by atoms with Crippen molar-refractivity contribution in [2.45, 2.75) is 30.8 Å². The molecular weight excluding hydrogens is 348 g/mol. The van der Waals surface area contributed by atoms with E-state index in [4.69, 9.17) is 4.74 Å². The lowest BCUT2D eigenvalue weighted by molar-refractivity contribution is -0.118. The van der Waals surface area contributed by atoms with Gasteiger partial charge in [0.1, 0.15) is 10.8 Å². The summed E-state index contributed by atoms with van der Waals surface area (Å²) in [5.41, 5.74) is 3.68. The fourth-order valence-corrected chi connectivity index (χ4v) is 3.64. The second-order valence-electron chi connectivity index (χ2n) is 6.39. The number of nitrogens with one attached hydrogen (secondary N) is 1. The molecule has 7 heteroatoms. The minimum Gasteiger partial charge on any atom is -0.497 e. The Morgan fingerprint density at radius 3 is 2.81 bits per heavy atom. The van der Waals surface area contributed by atoms with E-state index in [0.717, 1.165) is 46.1 Å². The molecule has 1 saturated carbocycles. The van der Waals surface area contributed by atoms with E-state index < -0.39 is 0 Å². The zero-order chi connectivity index (χ0) is 18.1. The van der Waals surface area contributed by atoms with E-state index >= 15 is 0 Å². The van der Waals surface area contributed by atoms with E-state index in [1.807, 2.05) is 48.0 Å². The molecule has 0 bridgehead atoms. The third kappa shape index (κ3) is 3.53. The molecule has 1 N–H and O–H groups in total. The van der Waals surface area contributed by atoms with Crippen LogP contribution < -0.4 is 10.1 Å². The highest BCUT2D eigenvalue weighted by atomic mass is 32.2. The van der Waals surface area contributed by atoms with E-state index in [2.05, 4.69) is 15.4 Å². The third-order valence-electron chi connectivity index (χ3n) is 4.26. The Labute approximate surface area is 156 Å². The number of hydrogen-bond donors (Lipinski definition) is 1. The highest BCUT2D eigenvalue weighted by Crippen LogP contribution is 2.29. The van der Waals surface area contributed by atoms with Gasteiger partial charge in [-0.05, 0) is 43.5 Å². The number of carbonyl (C=O) groups excluding carboxylic acids is 1. The van der Waals surface area contributed by atoms with Gasteiger partial charge in [-0.25, -0.2) is 9.50 Å². The largest absolute Gasteiger partial charge is 0.497 e. The van der Waals surface area contributed by atoms with Crippen molar-refractivity contribution in [3.63, 3.8) is 0 Å². The molecule has 0 atom stereocenters. The smallest absolute Gasteiger partial charge is 0.230 e. The minimum absolute atomic E-state index is 0.0719. The molecule has 1 aromatic carbocycles. The molecule has 4 rings (SSSR count). The van der Waals surface area contributed by atoms with Gasteiger partial charge in [-0.1, -0.05) is 23.9 Å². The number of amides is 1. The number of hydrogen-bond acceptors (Lipinski definition) is 5. The normalized spacial score (nSPS) is 13.8. The van der Waals surface area contributed by atoms with Crippen molar-refractivity contribution in [3.8, 4) is 16.9 Å². The molecule has 1 aliphatic rings. The first-order chi connectivity index (χ1) is 12.6. The Bertz CT molecular complexity index is 948. The molecule has 26 heavy (non-hydrogen) atoms. The second-order valence-corrected chi connectivity index (χ2v) is 7.38. The number of carbonyl (C=O) groups is 1. The minimum atomic E-state index is 0.0719. The number of fused-ring (bicyclic) bond motifs is 1. The summed E-state index contributed by atoms with van der Waals surface area (Å²) in [7, 11) is 1.65. The van der Waals surface area contributed by atoms with Crippen molar-refractivity contribution in [3.05, 3.63) is 42.2 Å². The topological polar surface area (TPSA) is 68.5 Å². The lowest BCUT2D eigenvalue weighted by Gasteiger charge is -2.07. The second kappa shape index (κ2) is 6.99. The van der Waals surface area contributed by atoms with Crippen molar-refractivity contribution >= 4 is 23.3 Å². The summed E-state index contributed by atoms with van der Waals surface area (Å²) in [6.07, 6.45) is 4.01. The van der Waals surface area contributed by atoms with Crippen LogP contribution in [0.25, 0.3) is 16.8 Å². The predicted molar refractivity (Wildman–Crippen MR) is 102 cm³/mol. The van der Waals surface area contributed by atoms with Gasteiger partial charge >= 0.3 is 0 Å². The average molecular weight is 368 g/mol. The monoisotopic (exact) mass is 368 g/mol. The van der Waals surface area contributed by atoms with Crippen molar-refractivity contribution in [1.82, 2.24) is 19.9 Å². The number of aromatic nitrogens is 3. The lowest BCUT2D eigenvalue weighted by Crippen LogP contribution is -2.27. The Balaban J connectivity index is 1.62. The third-order valence-corrected chi connectivity index (χ3v) is 5.25. The first-order valence-electron chi connectivity index (χ1n) is 8.56. The number of ether oxygens (including phenoxy) is 1. The van der Waals surface area contributed by atoms with Crippen LogP contribution in [0.4, 0.5) is 0 Å². The van der Waals surface area contributed by atoms with Gasteiger partial charge in [0.25, 0.3) is 0 Å². The average Bonchev–Trinajstić information content (AvgIpc) is 3.36. The van der Waals surface area contributed by atoms with Crippen LogP contribution in [0.5, 0.6) is 5.75 Å². The predicted octanol–water partition coefficient (Wildman–Crippen LogP) is 3.08. The van der Waals surface area contributed by atoms with Gasteiger partial charge in [0.15, 0.2) is 5.65 Å². The van der Waals surface area contributed by atoms with Gasteiger partial charge in [-0.3, -0.25) is 4.79 Å². The van der Waals surface area contributed by atoms with Gasteiger partial charge in [0.2, 0.25) is 5.91 Å². The number of methoxy groups -OCH3 is 1. The molecule has 134 valence electrons. The highest BCUT2D eigenvalue weighted by Gasteiger charge is 2.23. The van der Waals surface area contributed by atoms with Gasteiger partial charge in [-0.15, -0.1) is 0 Å². The van der Waals surface area contributed by atoms with Crippen LogP contribution in [0.1, 0.15) is 18.5 Å². The Morgan fingerprint density at radius 2 is 2.12 bits per heavy atom. The van der Waals surface area contributed by atoms with Gasteiger partial charge < -0.3 is 10.1 Å². The fraction of sp³-hybridized carbons (Fsp3) is 0.316. The first-order valence-corrected chi connectivity index (χ1v) is 9.54. The summed E-state index contributed by atoms with van der Waals surface area (Å²) in [4.78, 5) is 16.6. The summed E-state index contributed by atoms with van der Waals surface area (Å²) in [6, 6.07) is 10.2. The van der Waals surface area contributed by atoms with Gasteiger partial charge in [-0.2, -0.15) is 5.10 Å². The molecule has 1 aliphatic carbocycles. The molecule has 0 saturated heterocycles. The van der Waals surface area contributed by atoms with E-state index in [-0.39, 0.29) is 5.91 Å². The number of thioether (sulfide) groups is 1. The Kier molecular flexibility index (Phi) is 4.55. The van der Waals surface area contributed by atoms with Crippen molar-refractivity contribution in [2.75, 3.05) is 12.9 Å². The van der Waals surface area contributed by atoms with E-state index in [1.165, 1.54) is 11.8 Å². The van der Waals surface area contributed by atoms with Crippen LogP contribution >= 0.6 is 11.8 Å². The van der Waals surface area contributed by atoms with Crippen LogP contribution in [-0.4, -0.2) is 39.4 Å². The summed E-state index contributed by atoms with van der Waals surface area (Å²) in [5.74, 6) is 1.27. The molecule has 2 aromatic heterocycles. The van der Waals surface area contributed by atoms with Crippen LogP contribution in [0.15, 0.2) is 41.6 Å². The molecule has 6 nitrogen and oxygen atoms in total. The maximum atomic E-state index is 12.0. The molecule has 1 fully saturated rings. The van der Waals surface area contributed by atoms with E-state index in [9.17, 15) is 4.79 Å². The van der Waals surface area contributed by atoms with Gasteiger partial charge in [0.05, 0.1) is 19.1 Å². The molecule has 0 radical (unpaired) electrons. The highest BCUT2D eigenvalue weighted by molar-refractivity contribution is 7.99. The zero-order valence-electron chi connectivity index (χ0n) is 14.7. The van der Waals surface area contributed by atoms with E-state index in [0.29, 0.717) is 11.8 Å². The Morgan fingerprint density at radius 1 is 1.35 bits per heavy atom.